The molecule has 0 aromatic heterocycles. The molecule has 0 amide bonds. The lowest BCUT2D eigenvalue weighted by Gasteiger charge is -2.22. The molecular formula is C54H42. The maximum absolute atomic E-state index is 4.71. The zero-order valence-electron chi connectivity index (χ0n) is 30.5. The van der Waals surface area contributed by atoms with Gasteiger partial charge in [-0.05, 0) is 137 Å². The standard InChI is InChI=1S/C54H42/c1-38(22-23-39-12-3-2-4-13-39)51-21-11-20-43(47-27-24-40-14-5-8-17-44(40)34-47)30-32-52(50-29-26-42-16-7-10-19-46(42)36-50)53-33-31-49(37-54(51)53)48-28-25-41-15-6-9-18-45(41)35-48/h2-9,11-18,20-25,27-28,30-37H,1,10,19,26,29H2. The van der Waals surface area contributed by atoms with Gasteiger partial charge in [0.15, 0.2) is 0 Å². The summed E-state index contributed by atoms with van der Waals surface area (Å²) in [5, 5.41) is 7.40. The summed E-state index contributed by atoms with van der Waals surface area (Å²) in [6.45, 7) is 4.71. The lowest BCUT2D eigenvalue weighted by molar-refractivity contribution is 0.894. The van der Waals surface area contributed by atoms with E-state index in [2.05, 4.69) is 194 Å². The number of fused-ring (bicyclic) bond motifs is 3. The van der Waals surface area contributed by atoms with Crippen LogP contribution in [0, 0.1) is 0 Å². The maximum atomic E-state index is 4.71. The van der Waals surface area contributed by atoms with Gasteiger partial charge in [0.05, 0.1) is 0 Å². The Labute approximate surface area is 318 Å². The molecule has 0 fully saturated rings. The van der Waals surface area contributed by atoms with E-state index in [-0.39, 0.29) is 0 Å². The SMILES string of the molecule is C=C(C=Cc1ccccc1)c1cccc(-c2ccc3ccccc3c2)ccc(C2=CC3=C(C=CCC3)CC2)c2ccc(-c3ccc4ccccc4c3)cc12. The molecule has 0 spiro atoms. The van der Waals surface area contributed by atoms with Gasteiger partial charge in [0.1, 0.15) is 0 Å². The third-order valence-corrected chi connectivity index (χ3v) is 11.0. The molecule has 0 aliphatic heterocycles. The van der Waals surface area contributed by atoms with Gasteiger partial charge in [-0.1, -0.05) is 183 Å². The molecule has 54 heavy (non-hydrogen) atoms. The number of allylic oxidation sites excluding steroid dienone is 8. The molecule has 0 unspecified atom stereocenters. The molecule has 0 saturated heterocycles. The maximum Gasteiger partial charge on any atom is -0.00933 e. The van der Waals surface area contributed by atoms with E-state index in [4.69, 9.17) is 6.58 Å². The second kappa shape index (κ2) is 14.9. The van der Waals surface area contributed by atoms with E-state index in [1.54, 1.807) is 0 Å². The zero-order valence-corrected chi connectivity index (χ0v) is 30.5. The molecule has 0 nitrogen and oxygen atoms in total. The molecule has 258 valence electrons. The van der Waals surface area contributed by atoms with Crippen LogP contribution in [0.25, 0.3) is 71.8 Å². The van der Waals surface area contributed by atoms with Crippen LogP contribution in [-0.2, 0) is 0 Å². The van der Waals surface area contributed by atoms with Crippen LogP contribution >= 0.6 is 0 Å². The van der Waals surface area contributed by atoms with Crippen LogP contribution < -0.4 is 0 Å². The number of hydrogen-bond donors (Lipinski definition) is 0. The summed E-state index contributed by atoms with van der Waals surface area (Å²) in [4.78, 5) is 0. The Morgan fingerprint density at radius 2 is 1.13 bits per heavy atom. The van der Waals surface area contributed by atoms with Crippen molar-refractivity contribution in [2.75, 3.05) is 0 Å². The van der Waals surface area contributed by atoms with E-state index < -0.39 is 0 Å². The highest BCUT2D eigenvalue weighted by Crippen LogP contribution is 2.40. The van der Waals surface area contributed by atoms with Gasteiger partial charge < -0.3 is 0 Å². The van der Waals surface area contributed by atoms with Gasteiger partial charge >= 0.3 is 0 Å². The molecule has 7 aromatic rings. The van der Waals surface area contributed by atoms with Crippen molar-refractivity contribution in [1.82, 2.24) is 0 Å². The first kappa shape index (κ1) is 33.3. The van der Waals surface area contributed by atoms with Crippen molar-refractivity contribution in [3.05, 3.63) is 223 Å². The number of benzene rings is 6. The van der Waals surface area contributed by atoms with Crippen LogP contribution in [0.15, 0.2) is 206 Å². The van der Waals surface area contributed by atoms with Crippen molar-refractivity contribution in [3.63, 3.8) is 0 Å². The van der Waals surface area contributed by atoms with Crippen molar-refractivity contribution in [2.24, 2.45) is 0 Å². The summed E-state index contributed by atoms with van der Waals surface area (Å²) in [7, 11) is 0. The molecule has 0 bridgehead atoms. The first-order chi connectivity index (χ1) is 26.7. The van der Waals surface area contributed by atoms with Crippen LogP contribution in [0.5, 0.6) is 0 Å². The van der Waals surface area contributed by atoms with Crippen molar-refractivity contribution in [2.45, 2.75) is 25.7 Å². The predicted molar refractivity (Wildman–Crippen MR) is 235 cm³/mol. The van der Waals surface area contributed by atoms with Gasteiger partial charge in [-0.2, -0.15) is 0 Å². The summed E-state index contributed by atoms with van der Waals surface area (Å²) in [5.41, 5.74) is 13.6. The van der Waals surface area contributed by atoms with Gasteiger partial charge in [-0.25, -0.2) is 0 Å². The normalized spacial score (nSPS) is 14.0. The Bertz CT molecular complexity index is 2770. The lowest BCUT2D eigenvalue weighted by atomic mass is 9.83. The Balaban J connectivity index is 1.31. The second-order valence-corrected chi connectivity index (χ2v) is 14.5. The highest BCUT2D eigenvalue weighted by atomic mass is 14.2. The van der Waals surface area contributed by atoms with Crippen LogP contribution in [0.3, 0.4) is 0 Å². The fraction of sp³-hybridized carbons (Fsp3) is 0.0741. The Kier molecular flexibility index (Phi) is 9.17. The Morgan fingerprint density at radius 1 is 0.481 bits per heavy atom. The van der Waals surface area contributed by atoms with Crippen LogP contribution in [0.1, 0.15) is 42.4 Å². The van der Waals surface area contributed by atoms with Crippen molar-refractivity contribution >= 4 is 49.5 Å². The van der Waals surface area contributed by atoms with Crippen LogP contribution in [0.4, 0.5) is 0 Å². The zero-order chi connectivity index (χ0) is 36.3. The molecule has 2 aliphatic rings. The summed E-state index contributed by atoms with van der Waals surface area (Å²) in [5.74, 6) is 0. The van der Waals surface area contributed by atoms with E-state index in [9.17, 15) is 0 Å². The van der Waals surface area contributed by atoms with Gasteiger partial charge in [0.25, 0.3) is 0 Å². The minimum Gasteiger partial charge on any atom is -0.0911 e. The fourth-order valence-corrected chi connectivity index (χ4v) is 8.08. The fourth-order valence-electron chi connectivity index (χ4n) is 8.08. The van der Waals surface area contributed by atoms with Gasteiger partial charge in [-0.3, -0.25) is 0 Å². The highest BCUT2D eigenvalue weighted by Gasteiger charge is 2.17. The molecule has 0 atom stereocenters. The van der Waals surface area contributed by atoms with Crippen LogP contribution in [0.2, 0.25) is 0 Å². The summed E-state index contributed by atoms with van der Waals surface area (Å²) >= 11 is 0. The van der Waals surface area contributed by atoms with Gasteiger partial charge in [0.2, 0.25) is 0 Å². The number of hydrogen-bond acceptors (Lipinski definition) is 0. The molecule has 0 heterocycles. The van der Waals surface area contributed by atoms with Gasteiger partial charge in [-0.15, -0.1) is 0 Å². The van der Waals surface area contributed by atoms with Crippen molar-refractivity contribution in [3.8, 4) is 22.3 Å². The second-order valence-electron chi connectivity index (χ2n) is 14.5. The van der Waals surface area contributed by atoms with E-state index in [1.165, 1.54) is 76.9 Å². The highest BCUT2D eigenvalue weighted by molar-refractivity contribution is 6.03. The summed E-state index contributed by atoms with van der Waals surface area (Å²) in [6, 6.07) is 59.8. The molecule has 7 aromatic carbocycles. The average Bonchev–Trinajstić information content (AvgIpc) is 3.23. The molecule has 0 saturated carbocycles. The topological polar surface area (TPSA) is 0 Å². The average molecular weight is 691 g/mol. The smallest absolute Gasteiger partial charge is 0.00933 e. The van der Waals surface area contributed by atoms with Crippen LogP contribution in [-0.4, -0.2) is 0 Å². The third-order valence-electron chi connectivity index (χ3n) is 11.0. The monoisotopic (exact) mass is 690 g/mol. The first-order valence-electron chi connectivity index (χ1n) is 19.1. The molecule has 0 heteroatoms. The minimum atomic E-state index is 0.969. The quantitative estimate of drug-likeness (QED) is 0.152. The Hall–Kier alpha value is -6.50. The third kappa shape index (κ3) is 6.87. The van der Waals surface area contributed by atoms with Gasteiger partial charge in [0, 0.05) is 0 Å². The van der Waals surface area contributed by atoms with E-state index in [0.717, 1.165) is 42.4 Å². The molecule has 0 N–H and O–H groups in total. The molecule has 2 aliphatic carbocycles. The number of rotatable bonds is 6. The molecule has 0 radical (unpaired) electrons. The van der Waals surface area contributed by atoms with Crippen molar-refractivity contribution < 1.29 is 0 Å². The van der Waals surface area contributed by atoms with Crippen molar-refractivity contribution in [1.29, 1.82) is 0 Å². The summed E-state index contributed by atoms with van der Waals surface area (Å²) < 4.78 is 0. The molecular weight excluding hydrogens is 649 g/mol. The first-order valence-corrected chi connectivity index (χ1v) is 19.1. The van der Waals surface area contributed by atoms with E-state index in [1.807, 2.05) is 0 Å². The predicted octanol–water partition coefficient (Wildman–Crippen LogP) is 15.2. The van der Waals surface area contributed by atoms with E-state index >= 15 is 0 Å². The lowest BCUT2D eigenvalue weighted by Crippen LogP contribution is -2.01. The van der Waals surface area contributed by atoms with E-state index in [0.29, 0.717) is 0 Å². The Morgan fingerprint density at radius 3 is 1.89 bits per heavy atom. The minimum absolute atomic E-state index is 0.969. The largest absolute Gasteiger partial charge is 0.0911 e. The molecule has 9 rings (SSSR count). The summed E-state index contributed by atoms with van der Waals surface area (Å²) in [6.07, 6.45) is 15.8.